The summed E-state index contributed by atoms with van der Waals surface area (Å²) in [5.74, 6) is -1.37. The Labute approximate surface area is 121 Å². The smallest absolute Gasteiger partial charge is 0.339 e. The topological polar surface area (TPSA) is 87.8 Å². The van der Waals surface area contributed by atoms with Gasteiger partial charge in [-0.3, -0.25) is 14.5 Å². The average molecular weight is 291 g/mol. The third-order valence-corrected chi connectivity index (χ3v) is 4.68. The van der Waals surface area contributed by atoms with E-state index in [1.807, 2.05) is 0 Å². The second-order valence-electron chi connectivity index (χ2n) is 5.78. The molecule has 0 bridgehead atoms. The Morgan fingerprint density at radius 2 is 1.95 bits per heavy atom. The lowest BCUT2D eigenvalue weighted by molar-refractivity contribution is -0.141. The van der Waals surface area contributed by atoms with Crippen molar-refractivity contribution >= 4 is 17.8 Å². The van der Waals surface area contributed by atoms with E-state index in [4.69, 9.17) is 9.52 Å². The molecule has 0 radical (unpaired) electrons. The summed E-state index contributed by atoms with van der Waals surface area (Å²) in [4.78, 5) is 37.0. The van der Waals surface area contributed by atoms with Crippen LogP contribution in [0.4, 0.5) is 0 Å². The van der Waals surface area contributed by atoms with Crippen LogP contribution in [0.1, 0.15) is 42.3 Å². The third-order valence-electron chi connectivity index (χ3n) is 4.68. The highest BCUT2D eigenvalue weighted by atomic mass is 16.4. The quantitative estimate of drug-likeness (QED) is 0.856. The lowest BCUT2D eigenvalue weighted by Crippen LogP contribution is -2.32. The van der Waals surface area contributed by atoms with Crippen LogP contribution >= 0.6 is 0 Å². The molecule has 0 aromatic carbocycles. The van der Waals surface area contributed by atoms with E-state index in [1.54, 1.807) is 0 Å². The van der Waals surface area contributed by atoms with Gasteiger partial charge in [0.2, 0.25) is 11.8 Å². The zero-order valence-corrected chi connectivity index (χ0v) is 11.7. The number of hydrogen-bond acceptors (Lipinski definition) is 4. The molecule has 21 heavy (non-hydrogen) atoms. The van der Waals surface area contributed by atoms with Gasteiger partial charge in [-0.2, -0.15) is 0 Å². The lowest BCUT2D eigenvalue weighted by Gasteiger charge is -2.16. The predicted molar refractivity (Wildman–Crippen MR) is 71.2 cm³/mol. The van der Waals surface area contributed by atoms with Crippen LogP contribution < -0.4 is 0 Å². The van der Waals surface area contributed by atoms with Crippen molar-refractivity contribution in [1.82, 2.24) is 4.90 Å². The van der Waals surface area contributed by atoms with Crippen molar-refractivity contribution < 1.29 is 23.9 Å². The second-order valence-corrected chi connectivity index (χ2v) is 5.78. The van der Waals surface area contributed by atoms with E-state index in [0.717, 1.165) is 24.2 Å². The number of likely N-dealkylation sites (tertiary alicyclic amines) is 1. The number of carbonyl (C=O) groups excluding carboxylic acids is 2. The normalized spacial score (nSPS) is 28.2. The Morgan fingerprint density at radius 3 is 2.48 bits per heavy atom. The van der Waals surface area contributed by atoms with E-state index < -0.39 is 5.97 Å². The molecule has 0 spiro atoms. The number of amides is 2. The molecule has 112 valence electrons. The largest absolute Gasteiger partial charge is 0.478 e. The SMILES string of the molecule is CCC1CC2C(=O)N(Cc3occc3C(=O)O)C(=O)C2C1. The van der Waals surface area contributed by atoms with Crippen molar-refractivity contribution in [1.29, 1.82) is 0 Å². The maximum atomic E-state index is 12.4. The van der Waals surface area contributed by atoms with Crippen molar-refractivity contribution in [3.8, 4) is 0 Å². The summed E-state index contributed by atoms with van der Waals surface area (Å²) in [7, 11) is 0. The highest BCUT2D eigenvalue weighted by Crippen LogP contribution is 2.44. The number of aromatic carboxylic acids is 1. The molecule has 1 saturated heterocycles. The summed E-state index contributed by atoms with van der Waals surface area (Å²) in [6, 6.07) is 1.33. The molecule has 1 aliphatic carbocycles. The van der Waals surface area contributed by atoms with E-state index in [9.17, 15) is 14.4 Å². The molecule has 2 amide bonds. The van der Waals surface area contributed by atoms with Crippen LogP contribution in [-0.4, -0.2) is 27.8 Å². The molecule has 6 heteroatoms. The highest BCUT2D eigenvalue weighted by molar-refractivity contribution is 6.05. The fourth-order valence-electron chi connectivity index (χ4n) is 3.48. The van der Waals surface area contributed by atoms with Gasteiger partial charge in [0.25, 0.3) is 0 Å². The minimum Gasteiger partial charge on any atom is -0.478 e. The summed E-state index contributed by atoms with van der Waals surface area (Å²) in [6.45, 7) is 1.98. The van der Waals surface area contributed by atoms with E-state index in [2.05, 4.69) is 6.92 Å². The van der Waals surface area contributed by atoms with E-state index in [-0.39, 0.29) is 41.5 Å². The first-order valence-corrected chi connectivity index (χ1v) is 7.17. The first-order chi connectivity index (χ1) is 10.0. The molecular weight excluding hydrogens is 274 g/mol. The molecule has 1 aromatic heterocycles. The Kier molecular flexibility index (Phi) is 3.31. The van der Waals surface area contributed by atoms with Crippen LogP contribution in [0.25, 0.3) is 0 Å². The van der Waals surface area contributed by atoms with Gasteiger partial charge in [0, 0.05) is 0 Å². The van der Waals surface area contributed by atoms with Crippen LogP contribution in [0.3, 0.4) is 0 Å². The van der Waals surface area contributed by atoms with Crippen LogP contribution in [0.5, 0.6) is 0 Å². The standard InChI is InChI=1S/C15H17NO5/c1-2-8-5-10-11(6-8)14(18)16(13(10)17)7-12-9(15(19)20)3-4-21-12/h3-4,8,10-11H,2,5-7H2,1H3,(H,19,20). The molecule has 2 heterocycles. The van der Waals surface area contributed by atoms with Gasteiger partial charge in [0.1, 0.15) is 11.3 Å². The van der Waals surface area contributed by atoms with Crippen molar-refractivity contribution in [2.45, 2.75) is 32.7 Å². The van der Waals surface area contributed by atoms with Crippen LogP contribution in [0.15, 0.2) is 16.7 Å². The fourth-order valence-corrected chi connectivity index (χ4v) is 3.48. The number of carboxylic acid groups (broad SMARTS) is 1. The van der Waals surface area contributed by atoms with Crippen LogP contribution in [-0.2, 0) is 16.1 Å². The van der Waals surface area contributed by atoms with Crippen molar-refractivity contribution in [3.63, 3.8) is 0 Å². The molecular formula is C15H17NO5. The van der Waals surface area contributed by atoms with E-state index >= 15 is 0 Å². The van der Waals surface area contributed by atoms with Gasteiger partial charge in [-0.05, 0) is 24.8 Å². The summed E-state index contributed by atoms with van der Waals surface area (Å²) in [6.07, 6.45) is 3.75. The third kappa shape index (κ3) is 2.14. The second kappa shape index (κ2) is 5.02. The molecule has 2 fully saturated rings. The number of nitrogens with zero attached hydrogens (tertiary/aromatic N) is 1. The number of rotatable bonds is 4. The molecule has 1 N–H and O–H groups in total. The summed E-state index contributed by atoms with van der Waals surface area (Å²) in [5, 5.41) is 9.04. The number of carboxylic acids is 1. The molecule has 1 aliphatic heterocycles. The molecule has 1 aromatic rings. The monoisotopic (exact) mass is 291 g/mol. The van der Waals surface area contributed by atoms with E-state index in [0.29, 0.717) is 5.92 Å². The molecule has 1 saturated carbocycles. The van der Waals surface area contributed by atoms with E-state index in [1.165, 1.54) is 12.3 Å². The molecule has 2 atom stereocenters. The summed E-state index contributed by atoms with van der Waals surface area (Å²) < 4.78 is 5.12. The van der Waals surface area contributed by atoms with Gasteiger partial charge >= 0.3 is 5.97 Å². The number of furan rings is 1. The highest BCUT2D eigenvalue weighted by Gasteiger charge is 2.52. The first-order valence-electron chi connectivity index (χ1n) is 7.17. The van der Waals surface area contributed by atoms with Crippen LogP contribution in [0.2, 0.25) is 0 Å². The zero-order chi connectivity index (χ0) is 15.1. The number of carbonyl (C=O) groups is 3. The molecule has 6 nitrogen and oxygen atoms in total. The lowest BCUT2D eigenvalue weighted by atomic mass is 10.00. The Morgan fingerprint density at radius 1 is 1.33 bits per heavy atom. The molecule has 2 unspecified atom stereocenters. The molecule has 2 aliphatic rings. The van der Waals surface area contributed by atoms with Crippen molar-refractivity contribution in [3.05, 3.63) is 23.7 Å². The number of imide groups is 1. The van der Waals surface area contributed by atoms with Crippen LogP contribution in [0, 0.1) is 17.8 Å². The predicted octanol–water partition coefficient (Wildman–Crippen LogP) is 1.90. The minimum absolute atomic E-state index is 0.000839. The molecule has 3 rings (SSSR count). The average Bonchev–Trinajstić information content (AvgIpc) is 3.13. The first kappa shape index (κ1) is 13.9. The van der Waals surface area contributed by atoms with Gasteiger partial charge in [-0.25, -0.2) is 4.79 Å². The van der Waals surface area contributed by atoms with Gasteiger partial charge < -0.3 is 9.52 Å². The minimum atomic E-state index is -1.12. The summed E-state index contributed by atoms with van der Waals surface area (Å²) >= 11 is 0. The van der Waals surface area contributed by atoms with Gasteiger partial charge in [0.15, 0.2) is 0 Å². The van der Waals surface area contributed by atoms with Crippen molar-refractivity contribution in [2.24, 2.45) is 17.8 Å². The summed E-state index contributed by atoms with van der Waals surface area (Å²) in [5.41, 5.74) is -0.000839. The van der Waals surface area contributed by atoms with Crippen molar-refractivity contribution in [2.75, 3.05) is 0 Å². The number of fused-ring (bicyclic) bond motifs is 1. The van der Waals surface area contributed by atoms with Gasteiger partial charge in [-0.15, -0.1) is 0 Å². The number of hydrogen-bond donors (Lipinski definition) is 1. The zero-order valence-electron chi connectivity index (χ0n) is 11.7. The Hall–Kier alpha value is -2.11. The Bertz CT molecular complexity index is 581. The maximum absolute atomic E-state index is 12.4. The fraction of sp³-hybridized carbons (Fsp3) is 0.533. The Balaban J connectivity index is 1.79. The van der Waals surface area contributed by atoms with Gasteiger partial charge in [-0.1, -0.05) is 13.3 Å². The maximum Gasteiger partial charge on any atom is 0.339 e. The van der Waals surface area contributed by atoms with Gasteiger partial charge in [0.05, 0.1) is 24.6 Å².